The highest BCUT2D eigenvalue weighted by Crippen LogP contribution is 2.39. The predicted molar refractivity (Wildman–Crippen MR) is 66.1 cm³/mol. The topological polar surface area (TPSA) is 26.3 Å². The first-order valence-corrected chi connectivity index (χ1v) is 6.19. The molecule has 0 radical (unpaired) electrons. The minimum absolute atomic E-state index is 0.0621. The van der Waals surface area contributed by atoms with E-state index in [1.54, 1.807) is 0 Å². The highest BCUT2D eigenvalue weighted by atomic mass is 79.9. The molecule has 1 fully saturated rings. The zero-order valence-corrected chi connectivity index (χ0v) is 11.1. The van der Waals surface area contributed by atoms with E-state index in [2.05, 4.69) is 15.9 Å². The van der Waals surface area contributed by atoms with E-state index in [9.17, 15) is 4.79 Å². The van der Waals surface area contributed by atoms with E-state index in [-0.39, 0.29) is 11.5 Å². The lowest BCUT2D eigenvalue weighted by Gasteiger charge is -2.42. The number of hydrogen-bond donors (Lipinski definition) is 0. The summed E-state index contributed by atoms with van der Waals surface area (Å²) in [5, 5.41) is 0. The van der Waals surface area contributed by atoms with Gasteiger partial charge in [-0.15, -0.1) is 0 Å². The average Bonchev–Trinajstić information content (AvgIpc) is 2.26. The van der Waals surface area contributed by atoms with Crippen LogP contribution in [0.1, 0.15) is 25.8 Å². The predicted octanol–water partition coefficient (Wildman–Crippen LogP) is 3.33. The maximum Gasteiger partial charge on any atom is 0.143 e. The van der Waals surface area contributed by atoms with Crippen LogP contribution in [-0.4, -0.2) is 11.9 Å². The van der Waals surface area contributed by atoms with Gasteiger partial charge in [-0.2, -0.15) is 0 Å². The summed E-state index contributed by atoms with van der Waals surface area (Å²) >= 11 is 3.48. The van der Waals surface area contributed by atoms with Crippen molar-refractivity contribution in [1.29, 1.82) is 0 Å². The molecule has 0 saturated heterocycles. The van der Waals surface area contributed by atoms with E-state index in [4.69, 9.17) is 4.74 Å². The number of halogens is 1. The minimum atomic E-state index is -0.304. The van der Waals surface area contributed by atoms with Gasteiger partial charge in [-0.1, -0.05) is 48.0 Å². The Balaban J connectivity index is 1.95. The van der Waals surface area contributed by atoms with E-state index in [1.807, 2.05) is 38.1 Å². The molecule has 86 valence electrons. The lowest BCUT2D eigenvalue weighted by Crippen LogP contribution is -2.51. The van der Waals surface area contributed by atoms with Crippen LogP contribution in [0.5, 0.6) is 0 Å². The van der Waals surface area contributed by atoms with Crippen molar-refractivity contribution in [1.82, 2.24) is 0 Å². The second kappa shape index (κ2) is 4.30. The summed E-state index contributed by atoms with van der Waals surface area (Å²) in [5.74, 6) is 0.296. The van der Waals surface area contributed by atoms with Crippen LogP contribution < -0.4 is 0 Å². The Labute approximate surface area is 104 Å². The molecule has 1 saturated carbocycles. The first-order valence-electron chi connectivity index (χ1n) is 5.40. The largest absolute Gasteiger partial charge is 0.372 e. The van der Waals surface area contributed by atoms with E-state index in [1.165, 1.54) is 0 Å². The normalized spacial score (nSPS) is 22.9. The molecule has 1 aromatic rings. The van der Waals surface area contributed by atoms with Gasteiger partial charge >= 0.3 is 0 Å². The monoisotopic (exact) mass is 282 g/mol. The quantitative estimate of drug-likeness (QED) is 0.850. The lowest BCUT2D eigenvalue weighted by atomic mass is 9.68. The Morgan fingerprint density at radius 2 is 2.12 bits per heavy atom. The van der Waals surface area contributed by atoms with Crippen molar-refractivity contribution < 1.29 is 9.53 Å². The zero-order chi connectivity index (χ0) is 11.8. The fourth-order valence-electron chi connectivity index (χ4n) is 1.81. The van der Waals surface area contributed by atoms with Crippen molar-refractivity contribution in [2.24, 2.45) is 5.41 Å². The number of benzene rings is 1. The van der Waals surface area contributed by atoms with E-state index in [0.29, 0.717) is 18.8 Å². The van der Waals surface area contributed by atoms with Crippen molar-refractivity contribution in [3.05, 3.63) is 34.3 Å². The van der Waals surface area contributed by atoms with Crippen molar-refractivity contribution in [2.75, 3.05) is 0 Å². The van der Waals surface area contributed by atoms with Gasteiger partial charge in [-0.3, -0.25) is 4.79 Å². The third kappa shape index (κ3) is 2.06. The van der Waals surface area contributed by atoms with Gasteiger partial charge < -0.3 is 4.74 Å². The van der Waals surface area contributed by atoms with Crippen molar-refractivity contribution in [3.63, 3.8) is 0 Å². The number of Topliss-reactive ketones (excluding diaryl/α,β-unsaturated/α-hetero) is 1. The summed E-state index contributed by atoms with van der Waals surface area (Å²) < 4.78 is 6.83. The number of carbonyl (C=O) groups excluding carboxylic acids is 1. The van der Waals surface area contributed by atoms with Crippen LogP contribution >= 0.6 is 15.9 Å². The molecule has 2 rings (SSSR count). The molecule has 3 heteroatoms. The second-order valence-corrected chi connectivity index (χ2v) is 5.59. The number of carbonyl (C=O) groups is 1. The molecular formula is C13H15BrO2. The minimum Gasteiger partial charge on any atom is -0.372 e. The summed E-state index contributed by atoms with van der Waals surface area (Å²) in [6.45, 7) is 4.45. The molecule has 2 nitrogen and oxygen atoms in total. The third-order valence-electron chi connectivity index (χ3n) is 3.29. The number of hydrogen-bond acceptors (Lipinski definition) is 2. The van der Waals surface area contributed by atoms with Gasteiger partial charge in [-0.05, 0) is 11.6 Å². The Bertz CT molecular complexity index is 412. The molecule has 0 N–H and O–H groups in total. The molecule has 1 aliphatic rings. The first-order chi connectivity index (χ1) is 7.51. The van der Waals surface area contributed by atoms with Crippen LogP contribution in [0, 0.1) is 5.41 Å². The summed E-state index contributed by atoms with van der Waals surface area (Å²) in [5.41, 5.74) is 0.819. The van der Waals surface area contributed by atoms with Gasteiger partial charge in [0.1, 0.15) is 5.78 Å². The maximum atomic E-state index is 11.4. The molecule has 1 atom stereocenters. The summed E-state index contributed by atoms with van der Waals surface area (Å²) in [7, 11) is 0. The molecule has 0 spiro atoms. The Kier molecular flexibility index (Phi) is 3.17. The van der Waals surface area contributed by atoms with Crippen LogP contribution in [-0.2, 0) is 16.1 Å². The van der Waals surface area contributed by atoms with Gasteiger partial charge in [-0.25, -0.2) is 0 Å². The standard InChI is InChI=1S/C13H15BrO2/c1-13(2)11(15)7-12(13)16-8-9-5-3-4-6-10(9)14/h3-6,12H,7-8H2,1-2H3. The van der Waals surface area contributed by atoms with Crippen LogP contribution in [0.2, 0.25) is 0 Å². The van der Waals surface area contributed by atoms with Crippen LogP contribution in [0.15, 0.2) is 28.7 Å². The molecule has 0 aliphatic heterocycles. The summed E-state index contributed by atoms with van der Waals surface area (Å²) in [4.78, 5) is 11.4. The highest BCUT2D eigenvalue weighted by molar-refractivity contribution is 9.10. The number of rotatable bonds is 3. The van der Waals surface area contributed by atoms with Gasteiger partial charge in [0.15, 0.2) is 0 Å². The molecule has 16 heavy (non-hydrogen) atoms. The SMILES string of the molecule is CC1(C)C(=O)CC1OCc1ccccc1Br. The summed E-state index contributed by atoms with van der Waals surface area (Å²) in [6, 6.07) is 7.98. The fourth-order valence-corrected chi connectivity index (χ4v) is 2.21. The molecular weight excluding hydrogens is 268 g/mol. The summed E-state index contributed by atoms with van der Waals surface area (Å²) in [6.07, 6.45) is 0.615. The highest BCUT2D eigenvalue weighted by Gasteiger charge is 2.48. The van der Waals surface area contributed by atoms with E-state index >= 15 is 0 Å². The third-order valence-corrected chi connectivity index (χ3v) is 4.07. The number of ether oxygens (including phenoxy) is 1. The lowest BCUT2D eigenvalue weighted by molar-refractivity contribution is -0.159. The van der Waals surface area contributed by atoms with E-state index < -0.39 is 0 Å². The van der Waals surface area contributed by atoms with Crippen LogP contribution in [0.4, 0.5) is 0 Å². The smallest absolute Gasteiger partial charge is 0.143 e. The second-order valence-electron chi connectivity index (χ2n) is 4.74. The molecule has 1 aliphatic carbocycles. The molecule has 0 amide bonds. The maximum absolute atomic E-state index is 11.4. The molecule has 0 aromatic heterocycles. The Morgan fingerprint density at radius 3 is 2.69 bits per heavy atom. The van der Waals surface area contributed by atoms with Gasteiger partial charge in [0.25, 0.3) is 0 Å². The van der Waals surface area contributed by atoms with Crippen LogP contribution in [0.25, 0.3) is 0 Å². The Hall–Kier alpha value is -0.670. The average molecular weight is 283 g/mol. The fraction of sp³-hybridized carbons (Fsp3) is 0.462. The molecule has 1 aromatic carbocycles. The number of ketones is 1. The van der Waals surface area contributed by atoms with Gasteiger partial charge in [0, 0.05) is 10.9 Å². The molecule has 0 heterocycles. The molecule has 0 bridgehead atoms. The zero-order valence-electron chi connectivity index (χ0n) is 9.50. The van der Waals surface area contributed by atoms with Crippen molar-refractivity contribution >= 4 is 21.7 Å². The van der Waals surface area contributed by atoms with Crippen molar-refractivity contribution in [2.45, 2.75) is 33.0 Å². The van der Waals surface area contributed by atoms with E-state index in [0.717, 1.165) is 10.0 Å². The van der Waals surface area contributed by atoms with Crippen LogP contribution in [0.3, 0.4) is 0 Å². The van der Waals surface area contributed by atoms with Gasteiger partial charge in [0.2, 0.25) is 0 Å². The first kappa shape index (κ1) is 11.8. The van der Waals surface area contributed by atoms with Gasteiger partial charge in [0.05, 0.1) is 18.1 Å². The Morgan fingerprint density at radius 1 is 1.44 bits per heavy atom. The molecule has 1 unspecified atom stereocenters. The van der Waals surface area contributed by atoms with Crippen molar-refractivity contribution in [3.8, 4) is 0 Å².